The van der Waals surface area contributed by atoms with Crippen molar-refractivity contribution in [3.8, 4) is 5.75 Å². The number of nitrogens with zero attached hydrogens (tertiary/aromatic N) is 4. The van der Waals surface area contributed by atoms with Crippen molar-refractivity contribution in [3.05, 3.63) is 36.2 Å². The number of methoxy groups -OCH3 is 2. The Morgan fingerprint density at radius 1 is 1.00 bits per heavy atom. The second-order valence-corrected chi connectivity index (χ2v) is 10.7. The number of ether oxygens (including phenoxy) is 2. The first-order valence-corrected chi connectivity index (χ1v) is 12.2. The van der Waals surface area contributed by atoms with Gasteiger partial charge < -0.3 is 9.47 Å². The van der Waals surface area contributed by atoms with Crippen molar-refractivity contribution in [3.63, 3.8) is 0 Å². The predicted molar refractivity (Wildman–Crippen MR) is 110 cm³/mol. The molecule has 13 heteroatoms. The van der Waals surface area contributed by atoms with Crippen LogP contribution in [-0.2, 0) is 31.8 Å². The van der Waals surface area contributed by atoms with Crippen molar-refractivity contribution in [2.75, 3.05) is 40.4 Å². The molecule has 1 fully saturated rings. The molecule has 0 aliphatic carbocycles. The smallest absolute Gasteiger partial charge is 0.337 e. The molecule has 2 aromatic rings. The molecule has 0 atom stereocenters. The van der Waals surface area contributed by atoms with Crippen molar-refractivity contribution >= 4 is 26.0 Å². The van der Waals surface area contributed by atoms with E-state index in [-0.39, 0.29) is 47.3 Å². The van der Waals surface area contributed by atoms with Gasteiger partial charge in [0.15, 0.2) is 0 Å². The van der Waals surface area contributed by atoms with Gasteiger partial charge in [-0.2, -0.15) is 13.7 Å². The van der Waals surface area contributed by atoms with Crippen LogP contribution in [0.2, 0.25) is 0 Å². The zero-order valence-corrected chi connectivity index (χ0v) is 19.0. The summed E-state index contributed by atoms with van der Waals surface area (Å²) < 4.78 is 66.1. The molecule has 1 saturated heterocycles. The fraction of sp³-hybridized carbons (Fsp3) is 0.444. The third-order valence-corrected chi connectivity index (χ3v) is 8.71. The summed E-state index contributed by atoms with van der Waals surface area (Å²) in [5, 5.41) is 3.90. The van der Waals surface area contributed by atoms with Crippen molar-refractivity contribution < 1.29 is 31.1 Å². The van der Waals surface area contributed by atoms with Crippen molar-refractivity contribution in [1.82, 2.24) is 18.4 Å². The molecule has 0 N–H and O–H groups in total. The summed E-state index contributed by atoms with van der Waals surface area (Å²) in [5.74, 6) is -0.597. The Morgan fingerprint density at radius 3 is 2.19 bits per heavy atom. The molecule has 0 amide bonds. The molecular formula is C18H24N4O7S2. The summed E-state index contributed by atoms with van der Waals surface area (Å²) in [7, 11) is -3.70. The Morgan fingerprint density at radius 2 is 1.65 bits per heavy atom. The maximum Gasteiger partial charge on any atom is 0.337 e. The average molecular weight is 473 g/mol. The molecule has 0 bridgehead atoms. The predicted octanol–water partition coefficient (Wildman–Crippen LogP) is 0.301. The van der Waals surface area contributed by atoms with Crippen LogP contribution < -0.4 is 4.74 Å². The number of aromatic nitrogens is 2. The van der Waals surface area contributed by atoms with E-state index in [9.17, 15) is 21.6 Å². The molecule has 3 rings (SSSR count). The number of hydrogen-bond donors (Lipinski definition) is 0. The standard InChI is InChI=1S/C18H24N4O7S2/c1-20-13-15(12-19-20)30(24,25)21-7-4-8-22(10-9-21)31(26,27)17-11-14(18(23)29-3)5-6-16(17)28-2/h5-6,11-13H,4,7-10H2,1-3H3. The van der Waals surface area contributed by atoms with Gasteiger partial charge in [-0.3, -0.25) is 4.68 Å². The molecule has 1 aromatic carbocycles. The van der Waals surface area contributed by atoms with Crippen LogP contribution >= 0.6 is 0 Å². The van der Waals surface area contributed by atoms with Crippen LogP contribution in [-0.4, -0.2) is 81.6 Å². The Bertz CT molecular complexity index is 1180. The molecular weight excluding hydrogens is 448 g/mol. The van der Waals surface area contributed by atoms with Crippen LogP contribution in [0.1, 0.15) is 16.8 Å². The molecule has 0 radical (unpaired) electrons. The first-order chi connectivity index (χ1) is 14.6. The van der Waals surface area contributed by atoms with E-state index in [0.29, 0.717) is 6.42 Å². The minimum Gasteiger partial charge on any atom is -0.495 e. The van der Waals surface area contributed by atoms with Gasteiger partial charge in [-0.25, -0.2) is 21.6 Å². The Labute approximate surface area is 181 Å². The Hall–Kier alpha value is -2.48. The third kappa shape index (κ3) is 4.59. The van der Waals surface area contributed by atoms with E-state index in [1.807, 2.05) is 0 Å². The van der Waals surface area contributed by atoms with Crippen molar-refractivity contribution in [2.24, 2.45) is 7.05 Å². The molecule has 1 aliphatic rings. The van der Waals surface area contributed by atoms with E-state index in [1.165, 1.54) is 58.1 Å². The lowest BCUT2D eigenvalue weighted by Crippen LogP contribution is -2.37. The number of esters is 1. The molecule has 31 heavy (non-hydrogen) atoms. The van der Waals surface area contributed by atoms with E-state index in [4.69, 9.17) is 4.74 Å². The first-order valence-electron chi connectivity index (χ1n) is 9.36. The second-order valence-electron chi connectivity index (χ2n) is 6.87. The zero-order valence-electron chi connectivity index (χ0n) is 17.4. The SMILES string of the molecule is COC(=O)c1ccc(OC)c(S(=O)(=O)N2CCCN(S(=O)(=O)c3cnn(C)c3)CC2)c1. The summed E-state index contributed by atoms with van der Waals surface area (Å²) >= 11 is 0. The lowest BCUT2D eigenvalue weighted by atomic mass is 10.2. The zero-order chi connectivity index (χ0) is 22.8. The molecule has 0 unspecified atom stereocenters. The maximum absolute atomic E-state index is 13.3. The summed E-state index contributed by atoms with van der Waals surface area (Å²) in [6.07, 6.45) is 2.97. The van der Waals surface area contributed by atoms with Crippen LogP contribution in [0.5, 0.6) is 5.75 Å². The highest BCUT2D eigenvalue weighted by Gasteiger charge is 2.34. The number of carbonyl (C=O) groups is 1. The highest BCUT2D eigenvalue weighted by atomic mass is 32.2. The molecule has 0 spiro atoms. The molecule has 1 aliphatic heterocycles. The van der Waals surface area contributed by atoms with E-state index in [2.05, 4.69) is 9.84 Å². The van der Waals surface area contributed by atoms with Gasteiger partial charge in [0.05, 0.1) is 26.0 Å². The number of sulfonamides is 2. The largest absolute Gasteiger partial charge is 0.495 e. The average Bonchev–Trinajstić information content (AvgIpc) is 3.04. The van der Waals surface area contributed by atoms with E-state index >= 15 is 0 Å². The number of carbonyl (C=O) groups excluding carboxylic acids is 1. The van der Waals surface area contributed by atoms with E-state index in [0.717, 1.165) is 0 Å². The lowest BCUT2D eigenvalue weighted by Gasteiger charge is -2.22. The van der Waals surface area contributed by atoms with Crippen molar-refractivity contribution in [1.29, 1.82) is 0 Å². The summed E-state index contributed by atoms with van der Waals surface area (Å²) in [5.41, 5.74) is 0.0671. The maximum atomic E-state index is 13.3. The number of rotatable bonds is 6. The van der Waals surface area contributed by atoms with E-state index < -0.39 is 26.0 Å². The Balaban J connectivity index is 1.88. The Kier molecular flexibility index (Phi) is 6.69. The molecule has 11 nitrogen and oxygen atoms in total. The molecule has 170 valence electrons. The number of hydrogen-bond acceptors (Lipinski definition) is 8. The normalized spacial score (nSPS) is 16.6. The number of aryl methyl sites for hydroxylation is 1. The van der Waals surface area contributed by atoms with Gasteiger partial charge in [-0.15, -0.1) is 0 Å². The van der Waals surface area contributed by atoms with Crippen LogP contribution in [0, 0.1) is 0 Å². The quantitative estimate of drug-likeness (QED) is 0.549. The first kappa shape index (κ1) is 23.2. The monoisotopic (exact) mass is 472 g/mol. The molecule has 0 saturated carbocycles. The highest BCUT2D eigenvalue weighted by Crippen LogP contribution is 2.29. The fourth-order valence-corrected chi connectivity index (χ4v) is 6.40. The fourth-order valence-electron chi connectivity index (χ4n) is 3.29. The molecule has 1 aromatic heterocycles. The molecule has 2 heterocycles. The van der Waals surface area contributed by atoms with Crippen LogP contribution in [0.15, 0.2) is 40.4 Å². The van der Waals surface area contributed by atoms with Gasteiger partial charge in [-0.1, -0.05) is 0 Å². The van der Waals surface area contributed by atoms with Gasteiger partial charge in [0.1, 0.15) is 15.5 Å². The minimum absolute atomic E-state index is 0.0184. The van der Waals surface area contributed by atoms with Gasteiger partial charge in [0.2, 0.25) is 20.0 Å². The summed E-state index contributed by atoms with van der Waals surface area (Å²) in [4.78, 5) is 11.7. The van der Waals surface area contributed by atoms with Gasteiger partial charge in [0.25, 0.3) is 0 Å². The number of benzene rings is 1. The minimum atomic E-state index is -4.06. The van der Waals surface area contributed by atoms with Gasteiger partial charge >= 0.3 is 5.97 Å². The third-order valence-electron chi connectivity index (χ3n) is 4.94. The van der Waals surface area contributed by atoms with Gasteiger partial charge in [0, 0.05) is 39.4 Å². The van der Waals surface area contributed by atoms with Crippen molar-refractivity contribution in [2.45, 2.75) is 16.2 Å². The summed E-state index contributed by atoms with van der Waals surface area (Å²) in [6, 6.07) is 4.00. The van der Waals surface area contributed by atoms with Crippen LogP contribution in [0.3, 0.4) is 0 Å². The second kappa shape index (κ2) is 8.94. The highest BCUT2D eigenvalue weighted by molar-refractivity contribution is 7.89. The lowest BCUT2D eigenvalue weighted by molar-refractivity contribution is 0.0600. The van der Waals surface area contributed by atoms with Crippen LogP contribution in [0.4, 0.5) is 0 Å². The van der Waals surface area contributed by atoms with Gasteiger partial charge in [-0.05, 0) is 24.6 Å². The van der Waals surface area contributed by atoms with Crippen LogP contribution in [0.25, 0.3) is 0 Å². The van der Waals surface area contributed by atoms with E-state index in [1.54, 1.807) is 7.05 Å². The summed E-state index contributed by atoms with van der Waals surface area (Å²) in [6.45, 7) is 0.221. The topological polar surface area (TPSA) is 128 Å².